The van der Waals surface area contributed by atoms with Crippen molar-refractivity contribution in [2.45, 2.75) is 39.5 Å². The maximum Gasteiger partial charge on any atom is 0.253 e. The van der Waals surface area contributed by atoms with E-state index in [0.29, 0.717) is 0 Å². The van der Waals surface area contributed by atoms with Crippen LogP contribution in [0.4, 0.5) is 0 Å². The maximum absolute atomic E-state index is 12.4. The topological polar surface area (TPSA) is 29.5 Å². The molecule has 0 aliphatic rings. The number of carbonyl (C=O) groups is 1. The minimum atomic E-state index is 0.129. The number of benzene rings is 1. The minimum Gasteiger partial charge on any atom is -0.497 e. The van der Waals surface area contributed by atoms with Gasteiger partial charge in [0.05, 0.1) is 7.11 Å². The quantitative estimate of drug-likeness (QED) is 0.715. The SMILES string of the molecule is CCCCN(CCCC)C(=O)c1ccc(OC)cc1. The van der Waals surface area contributed by atoms with Crippen molar-refractivity contribution in [3.05, 3.63) is 29.8 Å². The number of ether oxygens (including phenoxy) is 1. The van der Waals surface area contributed by atoms with Crippen molar-refractivity contribution in [1.82, 2.24) is 4.90 Å². The van der Waals surface area contributed by atoms with E-state index < -0.39 is 0 Å². The molecule has 3 heteroatoms. The number of methoxy groups -OCH3 is 1. The number of hydrogen-bond donors (Lipinski definition) is 0. The van der Waals surface area contributed by atoms with Crippen LogP contribution < -0.4 is 4.74 Å². The molecule has 0 atom stereocenters. The van der Waals surface area contributed by atoms with Crippen molar-refractivity contribution < 1.29 is 9.53 Å². The van der Waals surface area contributed by atoms with Gasteiger partial charge in [-0.25, -0.2) is 0 Å². The van der Waals surface area contributed by atoms with Crippen molar-refractivity contribution in [3.63, 3.8) is 0 Å². The van der Waals surface area contributed by atoms with Gasteiger partial charge < -0.3 is 9.64 Å². The van der Waals surface area contributed by atoms with Gasteiger partial charge in [-0.1, -0.05) is 26.7 Å². The monoisotopic (exact) mass is 263 g/mol. The fourth-order valence-electron chi connectivity index (χ4n) is 1.93. The molecule has 1 aromatic carbocycles. The van der Waals surface area contributed by atoms with Gasteiger partial charge in [0.2, 0.25) is 0 Å². The maximum atomic E-state index is 12.4. The average molecular weight is 263 g/mol. The second-order valence-corrected chi connectivity index (χ2v) is 4.73. The number of unbranched alkanes of at least 4 members (excludes halogenated alkanes) is 2. The Labute approximate surface area is 116 Å². The summed E-state index contributed by atoms with van der Waals surface area (Å²) in [6.45, 7) is 5.99. The summed E-state index contributed by atoms with van der Waals surface area (Å²) in [4.78, 5) is 14.4. The highest BCUT2D eigenvalue weighted by atomic mass is 16.5. The van der Waals surface area contributed by atoms with Crippen molar-refractivity contribution in [1.29, 1.82) is 0 Å². The molecule has 0 aliphatic carbocycles. The molecule has 0 N–H and O–H groups in total. The van der Waals surface area contributed by atoms with Gasteiger partial charge in [0.15, 0.2) is 0 Å². The van der Waals surface area contributed by atoms with Gasteiger partial charge in [0, 0.05) is 18.7 Å². The fourth-order valence-corrected chi connectivity index (χ4v) is 1.93. The van der Waals surface area contributed by atoms with Gasteiger partial charge in [-0.2, -0.15) is 0 Å². The van der Waals surface area contributed by atoms with Gasteiger partial charge in [0.25, 0.3) is 5.91 Å². The molecule has 1 amide bonds. The van der Waals surface area contributed by atoms with E-state index in [1.807, 2.05) is 29.2 Å². The summed E-state index contributed by atoms with van der Waals surface area (Å²) >= 11 is 0. The standard InChI is InChI=1S/C16H25NO2/c1-4-6-12-17(13-7-5-2)16(18)14-8-10-15(19-3)11-9-14/h8-11H,4-7,12-13H2,1-3H3. The molecule has 0 aliphatic heterocycles. The molecular formula is C16H25NO2. The van der Waals surface area contributed by atoms with Crippen LogP contribution in [-0.2, 0) is 0 Å². The van der Waals surface area contributed by atoms with Gasteiger partial charge >= 0.3 is 0 Å². The summed E-state index contributed by atoms with van der Waals surface area (Å²) in [5.41, 5.74) is 0.744. The highest BCUT2D eigenvalue weighted by Gasteiger charge is 2.14. The van der Waals surface area contributed by atoms with E-state index in [2.05, 4.69) is 13.8 Å². The van der Waals surface area contributed by atoms with Gasteiger partial charge in [0.1, 0.15) is 5.75 Å². The molecular weight excluding hydrogens is 238 g/mol. The molecule has 0 radical (unpaired) electrons. The fraction of sp³-hybridized carbons (Fsp3) is 0.562. The Morgan fingerprint density at radius 2 is 1.58 bits per heavy atom. The van der Waals surface area contributed by atoms with Gasteiger partial charge in [-0.15, -0.1) is 0 Å². The van der Waals surface area contributed by atoms with Crippen LogP contribution in [0.25, 0.3) is 0 Å². The van der Waals surface area contributed by atoms with Crippen LogP contribution in [0.1, 0.15) is 49.9 Å². The molecule has 106 valence electrons. The third kappa shape index (κ3) is 4.93. The predicted octanol–water partition coefficient (Wildman–Crippen LogP) is 3.74. The minimum absolute atomic E-state index is 0.129. The molecule has 3 nitrogen and oxygen atoms in total. The Morgan fingerprint density at radius 3 is 2.00 bits per heavy atom. The van der Waals surface area contributed by atoms with Crippen LogP contribution in [0, 0.1) is 0 Å². The van der Waals surface area contributed by atoms with Crippen molar-refractivity contribution in [3.8, 4) is 5.75 Å². The number of nitrogens with zero attached hydrogens (tertiary/aromatic N) is 1. The van der Waals surface area contributed by atoms with Crippen LogP contribution >= 0.6 is 0 Å². The first-order chi connectivity index (χ1) is 9.22. The Hall–Kier alpha value is -1.51. The first-order valence-corrected chi connectivity index (χ1v) is 7.16. The first kappa shape index (κ1) is 15.5. The molecule has 0 saturated carbocycles. The van der Waals surface area contributed by atoms with Gasteiger partial charge in [-0.3, -0.25) is 4.79 Å². The van der Waals surface area contributed by atoms with E-state index in [-0.39, 0.29) is 5.91 Å². The Kier molecular flexibility index (Phi) is 7.01. The van der Waals surface area contributed by atoms with Crippen molar-refractivity contribution in [2.75, 3.05) is 20.2 Å². The highest BCUT2D eigenvalue weighted by Crippen LogP contribution is 2.14. The molecule has 0 unspecified atom stereocenters. The molecule has 19 heavy (non-hydrogen) atoms. The van der Waals surface area contributed by atoms with Crippen molar-refractivity contribution in [2.24, 2.45) is 0 Å². The van der Waals surface area contributed by atoms with E-state index in [1.165, 1.54) is 0 Å². The van der Waals surface area contributed by atoms with Crippen LogP contribution in [0.5, 0.6) is 5.75 Å². The summed E-state index contributed by atoms with van der Waals surface area (Å²) in [5, 5.41) is 0. The van der Waals surface area contributed by atoms with Crippen molar-refractivity contribution >= 4 is 5.91 Å². The Morgan fingerprint density at radius 1 is 1.05 bits per heavy atom. The third-order valence-corrected chi connectivity index (χ3v) is 3.19. The second-order valence-electron chi connectivity index (χ2n) is 4.73. The first-order valence-electron chi connectivity index (χ1n) is 7.16. The van der Waals surface area contributed by atoms with Crippen LogP contribution in [0.15, 0.2) is 24.3 Å². The summed E-state index contributed by atoms with van der Waals surface area (Å²) in [7, 11) is 1.63. The third-order valence-electron chi connectivity index (χ3n) is 3.19. The zero-order chi connectivity index (χ0) is 14.1. The number of rotatable bonds is 8. The van der Waals surface area contributed by atoms with E-state index in [9.17, 15) is 4.79 Å². The van der Waals surface area contributed by atoms with Crippen LogP contribution in [0.3, 0.4) is 0 Å². The van der Waals surface area contributed by atoms with E-state index in [1.54, 1.807) is 7.11 Å². The molecule has 1 rings (SSSR count). The predicted molar refractivity (Wildman–Crippen MR) is 78.7 cm³/mol. The zero-order valence-electron chi connectivity index (χ0n) is 12.3. The molecule has 0 fully saturated rings. The number of amides is 1. The molecule has 0 spiro atoms. The Balaban J connectivity index is 2.72. The lowest BCUT2D eigenvalue weighted by molar-refractivity contribution is 0.0751. The smallest absolute Gasteiger partial charge is 0.253 e. The second kappa shape index (κ2) is 8.57. The lowest BCUT2D eigenvalue weighted by atomic mass is 10.1. The van der Waals surface area contributed by atoms with Gasteiger partial charge in [-0.05, 0) is 37.1 Å². The molecule has 0 heterocycles. The summed E-state index contributed by atoms with van der Waals surface area (Å²) < 4.78 is 5.11. The number of carbonyl (C=O) groups excluding carboxylic acids is 1. The van der Waals surface area contributed by atoms with Crippen LogP contribution in [0.2, 0.25) is 0 Å². The van der Waals surface area contributed by atoms with E-state index in [4.69, 9.17) is 4.74 Å². The molecule has 0 aromatic heterocycles. The Bertz CT molecular complexity index is 365. The van der Waals surface area contributed by atoms with Crippen LogP contribution in [-0.4, -0.2) is 31.0 Å². The number of hydrogen-bond acceptors (Lipinski definition) is 2. The largest absolute Gasteiger partial charge is 0.497 e. The molecule has 1 aromatic rings. The average Bonchev–Trinajstić information content (AvgIpc) is 2.47. The summed E-state index contributed by atoms with van der Waals surface area (Å²) in [5.74, 6) is 0.912. The summed E-state index contributed by atoms with van der Waals surface area (Å²) in [6.07, 6.45) is 4.34. The van der Waals surface area contributed by atoms with E-state index in [0.717, 1.165) is 50.1 Å². The normalized spacial score (nSPS) is 10.3. The summed E-state index contributed by atoms with van der Waals surface area (Å²) in [6, 6.07) is 7.36. The highest BCUT2D eigenvalue weighted by molar-refractivity contribution is 5.94. The van der Waals surface area contributed by atoms with E-state index >= 15 is 0 Å². The molecule has 0 saturated heterocycles. The lowest BCUT2D eigenvalue weighted by Gasteiger charge is -2.22. The lowest BCUT2D eigenvalue weighted by Crippen LogP contribution is -2.32. The molecule has 0 bridgehead atoms. The zero-order valence-corrected chi connectivity index (χ0v) is 12.3.